The third-order valence-corrected chi connectivity index (χ3v) is 5.63. The Morgan fingerprint density at radius 3 is 2.41 bits per heavy atom. The van der Waals surface area contributed by atoms with Crippen LogP contribution in [0.5, 0.6) is 5.88 Å². The van der Waals surface area contributed by atoms with Crippen molar-refractivity contribution in [2.75, 3.05) is 63.2 Å². The van der Waals surface area contributed by atoms with E-state index >= 15 is 0 Å². The number of aromatic nitrogens is 4. The second-order valence-corrected chi connectivity index (χ2v) is 8.47. The molecule has 4 heterocycles. The van der Waals surface area contributed by atoms with Crippen LogP contribution < -0.4 is 19.9 Å². The summed E-state index contributed by atoms with van der Waals surface area (Å²) < 4.78 is 5.84. The van der Waals surface area contributed by atoms with Crippen molar-refractivity contribution >= 4 is 40.9 Å². The smallest absolute Gasteiger partial charge is 0.290 e. The minimum Gasteiger partial charge on any atom is -0.476 e. The number of amides is 2. The normalized spacial score (nSPS) is 17.9. The maximum atomic E-state index is 11.9. The minimum atomic E-state index is -0.424. The van der Waals surface area contributed by atoms with E-state index in [0.717, 1.165) is 31.4 Å². The molecule has 2 fully saturated rings. The number of imide groups is 1. The molecule has 2 aromatic heterocycles. The summed E-state index contributed by atoms with van der Waals surface area (Å²) in [6.45, 7) is 4.02. The van der Waals surface area contributed by atoms with Gasteiger partial charge in [-0.05, 0) is 38.0 Å². The van der Waals surface area contributed by atoms with Crippen LogP contribution in [0.3, 0.4) is 0 Å². The number of carbonyl (C=O) groups excluding carboxylic acids is 2. The SMILES string of the molecule is CN(C)CCOc1cc(C=C2SC(=O)NC2=O)nc(N2CCN(c3ncccn3)CC2)n1. The molecular formula is C20H24N8O3S. The lowest BCUT2D eigenvalue weighted by molar-refractivity contribution is -0.115. The third kappa shape index (κ3) is 5.51. The van der Waals surface area contributed by atoms with Crippen molar-refractivity contribution in [3.05, 3.63) is 35.1 Å². The lowest BCUT2D eigenvalue weighted by atomic mass is 10.3. The number of piperazine rings is 1. The van der Waals surface area contributed by atoms with E-state index in [4.69, 9.17) is 4.74 Å². The summed E-state index contributed by atoms with van der Waals surface area (Å²) in [4.78, 5) is 47.8. The zero-order valence-corrected chi connectivity index (χ0v) is 18.7. The van der Waals surface area contributed by atoms with E-state index in [2.05, 4.69) is 35.1 Å². The monoisotopic (exact) mass is 456 g/mol. The molecule has 0 saturated carbocycles. The van der Waals surface area contributed by atoms with Crippen molar-refractivity contribution in [2.24, 2.45) is 0 Å². The Morgan fingerprint density at radius 2 is 1.78 bits per heavy atom. The zero-order valence-electron chi connectivity index (χ0n) is 17.9. The van der Waals surface area contributed by atoms with Gasteiger partial charge in [0.1, 0.15) is 6.61 Å². The molecule has 1 N–H and O–H groups in total. The van der Waals surface area contributed by atoms with Gasteiger partial charge in [0.05, 0.1) is 10.6 Å². The van der Waals surface area contributed by atoms with Crippen LogP contribution in [0.2, 0.25) is 0 Å². The lowest BCUT2D eigenvalue weighted by Crippen LogP contribution is -2.47. The van der Waals surface area contributed by atoms with Gasteiger partial charge in [0.2, 0.25) is 17.8 Å². The molecule has 2 aromatic rings. The van der Waals surface area contributed by atoms with Crippen molar-refractivity contribution in [3.8, 4) is 5.88 Å². The minimum absolute atomic E-state index is 0.296. The Bertz CT molecular complexity index is 1010. The van der Waals surface area contributed by atoms with E-state index in [1.165, 1.54) is 0 Å². The molecule has 0 unspecified atom stereocenters. The molecule has 0 bridgehead atoms. The van der Waals surface area contributed by atoms with Crippen molar-refractivity contribution in [2.45, 2.75) is 0 Å². The number of nitrogens with one attached hydrogen (secondary N) is 1. The maximum absolute atomic E-state index is 11.9. The Balaban J connectivity index is 1.53. The van der Waals surface area contributed by atoms with Crippen LogP contribution in [-0.2, 0) is 4.79 Å². The van der Waals surface area contributed by atoms with Crippen LogP contribution in [0.25, 0.3) is 6.08 Å². The number of thioether (sulfide) groups is 1. The van der Waals surface area contributed by atoms with Crippen LogP contribution >= 0.6 is 11.8 Å². The summed E-state index contributed by atoms with van der Waals surface area (Å²) >= 11 is 0.855. The molecular weight excluding hydrogens is 432 g/mol. The second kappa shape index (κ2) is 9.92. The molecule has 0 radical (unpaired) electrons. The largest absolute Gasteiger partial charge is 0.476 e. The first-order valence-corrected chi connectivity index (χ1v) is 11.0. The number of nitrogens with zero attached hydrogens (tertiary/aromatic N) is 7. The van der Waals surface area contributed by atoms with Crippen LogP contribution in [0.1, 0.15) is 5.69 Å². The Kier molecular flexibility index (Phi) is 6.81. The topological polar surface area (TPSA) is 117 Å². The summed E-state index contributed by atoms with van der Waals surface area (Å²) in [5.74, 6) is 1.22. The first kappa shape index (κ1) is 22.0. The molecule has 0 atom stereocenters. The van der Waals surface area contributed by atoms with Crippen LogP contribution in [0.15, 0.2) is 29.4 Å². The third-order valence-electron chi connectivity index (χ3n) is 4.82. The van der Waals surface area contributed by atoms with Gasteiger partial charge in [0.15, 0.2) is 0 Å². The van der Waals surface area contributed by atoms with Crippen molar-refractivity contribution in [1.82, 2.24) is 30.2 Å². The quantitative estimate of drug-likeness (QED) is 0.598. The van der Waals surface area contributed by atoms with E-state index in [1.54, 1.807) is 30.6 Å². The molecule has 0 aromatic carbocycles. The average molecular weight is 457 g/mol. The number of hydrogen-bond acceptors (Lipinski definition) is 11. The van der Waals surface area contributed by atoms with Crippen LogP contribution in [0, 0.1) is 0 Å². The van der Waals surface area contributed by atoms with E-state index in [1.807, 2.05) is 19.0 Å². The molecule has 4 rings (SSSR count). The average Bonchev–Trinajstić information content (AvgIpc) is 3.10. The van der Waals surface area contributed by atoms with Crippen LogP contribution in [0.4, 0.5) is 16.7 Å². The number of anilines is 2. The van der Waals surface area contributed by atoms with Gasteiger partial charge in [0, 0.05) is 51.2 Å². The number of carbonyl (C=O) groups is 2. The molecule has 32 heavy (non-hydrogen) atoms. The highest BCUT2D eigenvalue weighted by atomic mass is 32.2. The fraction of sp³-hybridized carbons (Fsp3) is 0.400. The highest BCUT2D eigenvalue weighted by Gasteiger charge is 2.26. The fourth-order valence-electron chi connectivity index (χ4n) is 3.17. The van der Waals surface area contributed by atoms with E-state index in [9.17, 15) is 9.59 Å². The molecule has 0 aliphatic carbocycles. The van der Waals surface area contributed by atoms with E-state index < -0.39 is 11.1 Å². The van der Waals surface area contributed by atoms with Gasteiger partial charge in [-0.1, -0.05) is 0 Å². The Hall–Kier alpha value is -3.25. The summed E-state index contributed by atoms with van der Waals surface area (Å²) in [6.07, 6.45) is 5.05. The second-order valence-electron chi connectivity index (χ2n) is 7.46. The predicted octanol–water partition coefficient (Wildman–Crippen LogP) is 0.857. The number of ether oxygens (including phenoxy) is 1. The summed E-state index contributed by atoms with van der Waals surface area (Å²) in [6, 6.07) is 3.47. The Morgan fingerprint density at radius 1 is 1.09 bits per heavy atom. The Labute approximate surface area is 189 Å². The van der Waals surface area contributed by atoms with Crippen molar-refractivity contribution < 1.29 is 14.3 Å². The van der Waals surface area contributed by atoms with Crippen LogP contribution in [-0.4, -0.2) is 89.4 Å². The van der Waals surface area contributed by atoms with Gasteiger partial charge in [-0.2, -0.15) is 4.98 Å². The first-order chi connectivity index (χ1) is 15.5. The van der Waals surface area contributed by atoms with E-state index in [0.29, 0.717) is 48.1 Å². The standard InChI is InChI=1S/C20H24N8O3S/c1-26(2)10-11-31-16-13-14(12-15-17(29)25-20(30)32-15)23-19(24-16)28-8-6-27(7-9-28)18-21-4-3-5-22-18/h3-5,12-13H,6-11H2,1-2H3,(H,25,29,30). The van der Waals surface area contributed by atoms with Gasteiger partial charge < -0.3 is 19.4 Å². The fourth-order valence-corrected chi connectivity index (χ4v) is 3.84. The van der Waals surface area contributed by atoms with Gasteiger partial charge in [-0.15, -0.1) is 0 Å². The highest BCUT2D eigenvalue weighted by Crippen LogP contribution is 2.27. The zero-order chi connectivity index (χ0) is 22.5. The predicted molar refractivity (Wildman–Crippen MR) is 122 cm³/mol. The maximum Gasteiger partial charge on any atom is 0.290 e. The molecule has 0 spiro atoms. The van der Waals surface area contributed by atoms with Gasteiger partial charge in [-0.25, -0.2) is 15.0 Å². The molecule has 168 valence electrons. The number of likely N-dealkylation sites (N-methyl/N-ethyl adjacent to an activating group) is 1. The van der Waals surface area contributed by atoms with Crippen molar-refractivity contribution in [3.63, 3.8) is 0 Å². The summed E-state index contributed by atoms with van der Waals surface area (Å²) in [5.41, 5.74) is 0.510. The van der Waals surface area contributed by atoms with Gasteiger partial charge >= 0.3 is 0 Å². The summed E-state index contributed by atoms with van der Waals surface area (Å²) in [5, 5.41) is 1.86. The lowest BCUT2D eigenvalue weighted by Gasteiger charge is -2.34. The van der Waals surface area contributed by atoms with E-state index in [-0.39, 0.29) is 0 Å². The number of hydrogen-bond donors (Lipinski definition) is 1. The first-order valence-electron chi connectivity index (χ1n) is 10.2. The molecule has 2 amide bonds. The summed E-state index contributed by atoms with van der Waals surface area (Å²) in [7, 11) is 3.93. The molecule has 2 saturated heterocycles. The molecule has 2 aliphatic rings. The number of rotatable bonds is 7. The molecule has 2 aliphatic heterocycles. The van der Waals surface area contributed by atoms with Gasteiger partial charge in [-0.3, -0.25) is 14.9 Å². The van der Waals surface area contributed by atoms with Crippen molar-refractivity contribution in [1.29, 1.82) is 0 Å². The highest BCUT2D eigenvalue weighted by molar-refractivity contribution is 8.18. The molecule has 12 heteroatoms. The molecule has 11 nitrogen and oxygen atoms in total. The van der Waals surface area contributed by atoms with Gasteiger partial charge in [0.25, 0.3) is 11.1 Å².